The highest BCUT2D eigenvalue weighted by Gasteiger charge is 2.23. The van der Waals surface area contributed by atoms with E-state index < -0.39 is 10.0 Å². The van der Waals surface area contributed by atoms with Crippen LogP contribution in [0.15, 0.2) is 54.6 Å². The number of sulfonamides is 1. The van der Waals surface area contributed by atoms with Gasteiger partial charge in [-0.05, 0) is 49.1 Å². The van der Waals surface area contributed by atoms with E-state index in [1.54, 1.807) is 24.3 Å². The molecule has 0 aromatic heterocycles. The fraction of sp³-hybridized carbons (Fsp3) is 0.409. The van der Waals surface area contributed by atoms with E-state index in [1.807, 2.05) is 37.3 Å². The molecule has 0 saturated carbocycles. The summed E-state index contributed by atoms with van der Waals surface area (Å²) in [6.45, 7) is 6.29. The summed E-state index contributed by atoms with van der Waals surface area (Å²) in [4.78, 5) is 12.8. The van der Waals surface area contributed by atoms with Crippen LogP contribution >= 0.6 is 0 Å². The summed E-state index contributed by atoms with van der Waals surface area (Å²) >= 11 is 0. The van der Waals surface area contributed by atoms with Gasteiger partial charge in [-0.15, -0.1) is 0 Å². The van der Waals surface area contributed by atoms with Crippen molar-refractivity contribution in [2.75, 3.05) is 23.7 Å². The van der Waals surface area contributed by atoms with Crippen molar-refractivity contribution >= 4 is 21.6 Å². The second-order valence-corrected chi connectivity index (χ2v) is 9.26. The molecule has 0 bridgehead atoms. The number of rotatable bonds is 10. The monoisotopic (exact) mass is 418 g/mol. The van der Waals surface area contributed by atoms with Crippen LogP contribution in [0, 0.1) is 5.92 Å². The second-order valence-electron chi connectivity index (χ2n) is 7.36. The molecule has 0 aliphatic rings. The molecule has 158 valence electrons. The molecule has 0 aliphatic heterocycles. The summed E-state index contributed by atoms with van der Waals surface area (Å²) in [6.07, 6.45) is 1.86. The molecule has 2 rings (SSSR count). The molecule has 7 heteroatoms. The van der Waals surface area contributed by atoms with Crippen molar-refractivity contribution in [2.45, 2.75) is 33.2 Å². The number of hydrogen-bond donors (Lipinski definition) is 1. The van der Waals surface area contributed by atoms with E-state index in [4.69, 9.17) is 4.74 Å². The van der Waals surface area contributed by atoms with E-state index in [1.165, 1.54) is 0 Å². The van der Waals surface area contributed by atoms with Gasteiger partial charge in [-0.25, -0.2) is 8.42 Å². The molecular weight excluding hydrogens is 388 g/mol. The number of nitrogens with one attached hydrogen (secondary N) is 1. The molecule has 1 unspecified atom stereocenters. The summed E-state index contributed by atoms with van der Waals surface area (Å²) in [7, 11) is -3.63. The Labute approximate surface area is 173 Å². The Kier molecular flexibility index (Phi) is 8.08. The fourth-order valence-electron chi connectivity index (χ4n) is 3.08. The first-order valence-corrected chi connectivity index (χ1v) is 11.6. The van der Waals surface area contributed by atoms with Crippen LogP contribution in [-0.4, -0.2) is 33.7 Å². The highest BCUT2D eigenvalue weighted by molar-refractivity contribution is 7.92. The predicted octanol–water partition coefficient (Wildman–Crippen LogP) is 3.75. The van der Waals surface area contributed by atoms with E-state index in [0.29, 0.717) is 24.0 Å². The quantitative estimate of drug-likeness (QED) is 0.637. The zero-order valence-corrected chi connectivity index (χ0v) is 18.3. The van der Waals surface area contributed by atoms with Gasteiger partial charge in [-0.1, -0.05) is 44.2 Å². The summed E-state index contributed by atoms with van der Waals surface area (Å²) < 4.78 is 31.2. The maximum Gasteiger partial charge on any atom is 0.241 e. The average Bonchev–Trinajstić information content (AvgIpc) is 2.66. The van der Waals surface area contributed by atoms with Crippen LogP contribution in [-0.2, 0) is 14.8 Å². The molecule has 29 heavy (non-hydrogen) atoms. The number of nitrogens with zero attached hydrogens (tertiary/aromatic N) is 1. The first kappa shape index (κ1) is 22.7. The lowest BCUT2D eigenvalue weighted by Crippen LogP contribution is -2.41. The van der Waals surface area contributed by atoms with Crippen molar-refractivity contribution in [3.05, 3.63) is 60.2 Å². The van der Waals surface area contributed by atoms with E-state index in [0.717, 1.165) is 22.5 Å². The summed E-state index contributed by atoms with van der Waals surface area (Å²) in [5.41, 5.74) is 1.42. The number of anilines is 1. The molecule has 0 saturated heterocycles. The molecule has 2 aromatic carbocycles. The van der Waals surface area contributed by atoms with Crippen LogP contribution in [0.4, 0.5) is 5.69 Å². The molecule has 0 spiro atoms. The van der Waals surface area contributed by atoms with Gasteiger partial charge in [-0.2, -0.15) is 0 Å². The highest BCUT2D eigenvalue weighted by atomic mass is 32.2. The first-order chi connectivity index (χ1) is 13.7. The summed E-state index contributed by atoms with van der Waals surface area (Å²) in [5.74, 6) is 0.673. The zero-order valence-electron chi connectivity index (χ0n) is 17.5. The normalized spacial score (nSPS) is 12.4. The third kappa shape index (κ3) is 7.09. The lowest BCUT2D eigenvalue weighted by atomic mass is 9.97. The molecule has 0 aliphatic carbocycles. The Balaban J connectivity index is 2.18. The van der Waals surface area contributed by atoms with Gasteiger partial charge < -0.3 is 10.1 Å². The minimum absolute atomic E-state index is 0.176. The number of hydrogen-bond acceptors (Lipinski definition) is 4. The van der Waals surface area contributed by atoms with Crippen molar-refractivity contribution in [1.82, 2.24) is 5.32 Å². The SMILES string of the molecule is CCOc1ccc(N(CC(=O)NC(CC(C)C)c2ccccc2)S(C)(=O)=O)cc1. The zero-order chi connectivity index (χ0) is 21.4. The maximum atomic E-state index is 12.8. The summed E-state index contributed by atoms with van der Waals surface area (Å²) in [5, 5.41) is 3.00. The Morgan fingerprint density at radius 3 is 2.21 bits per heavy atom. The standard InChI is InChI=1S/C22H30N2O4S/c1-5-28-20-13-11-19(12-14-20)24(29(4,26)27)16-22(25)23-21(15-17(2)3)18-9-7-6-8-10-18/h6-14,17,21H,5,15-16H2,1-4H3,(H,23,25). The van der Waals surface area contributed by atoms with Crippen molar-refractivity contribution in [3.8, 4) is 5.75 Å². The van der Waals surface area contributed by atoms with Crippen LogP contribution < -0.4 is 14.4 Å². The van der Waals surface area contributed by atoms with Gasteiger partial charge in [0, 0.05) is 0 Å². The van der Waals surface area contributed by atoms with Gasteiger partial charge >= 0.3 is 0 Å². The lowest BCUT2D eigenvalue weighted by Gasteiger charge is -2.25. The maximum absolute atomic E-state index is 12.8. The minimum Gasteiger partial charge on any atom is -0.494 e. The lowest BCUT2D eigenvalue weighted by molar-refractivity contribution is -0.120. The van der Waals surface area contributed by atoms with Crippen LogP contribution in [0.25, 0.3) is 0 Å². The van der Waals surface area contributed by atoms with Gasteiger partial charge in [0.05, 0.1) is 24.6 Å². The Bertz CT molecular complexity index is 881. The van der Waals surface area contributed by atoms with Crippen molar-refractivity contribution in [3.63, 3.8) is 0 Å². The summed E-state index contributed by atoms with van der Waals surface area (Å²) in [6, 6.07) is 16.2. The van der Waals surface area contributed by atoms with E-state index in [2.05, 4.69) is 19.2 Å². The van der Waals surface area contributed by atoms with Gasteiger partial charge in [-0.3, -0.25) is 9.10 Å². The molecule has 0 radical (unpaired) electrons. The number of carbonyl (C=O) groups excluding carboxylic acids is 1. The largest absolute Gasteiger partial charge is 0.494 e. The predicted molar refractivity (Wildman–Crippen MR) is 117 cm³/mol. The molecule has 1 N–H and O–H groups in total. The van der Waals surface area contributed by atoms with Crippen LogP contribution in [0.2, 0.25) is 0 Å². The van der Waals surface area contributed by atoms with E-state index >= 15 is 0 Å². The van der Waals surface area contributed by atoms with Crippen molar-refractivity contribution < 1.29 is 17.9 Å². The molecule has 1 amide bonds. The van der Waals surface area contributed by atoms with E-state index in [9.17, 15) is 13.2 Å². The van der Waals surface area contributed by atoms with Crippen LogP contribution in [0.5, 0.6) is 5.75 Å². The topological polar surface area (TPSA) is 75.7 Å². The molecule has 0 fully saturated rings. The Hall–Kier alpha value is -2.54. The third-order valence-electron chi connectivity index (χ3n) is 4.37. The third-order valence-corrected chi connectivity index (χ3v) is 5.51. The first-order valence-electron chi connectivity index (χ1n) is 9.75. The molecule has 1 atom stereocenters. The molecular formula is C22H30N2O4S. The van der Waals surface area contributed by atoms with E-state index in [-0.39, 0.29) is 18.5 Å². The number of benzene rings is 2. The minimum atomic E-state index is -3.63. The van der Waals surface area contributed by atoms with Crippen LogP contribution in [0.1, 0.15) is 38.8 Å². The number of carbonyl (C=O) groups is 1. The van der Waals surface area contributed by atoms with Crippen molar-refractivity contribution in [2.24, 2.45) is 5.92 Å². The van der Waals surface area contributed by atoms with Gasteiger partial charge in [0.25, 0.3) is 0 Å². The second kappa shape index (κ2) is 10.3. The molecule has 2 aromatic rings. The average molecular weight is 419 g/mol. The van der Waals surface area contributed by atoms with Crippen molar-refractivity contribution in [1.29, 1.82) is 0 Å². The highest BCUT2D eigenvalue weighted by Crippen LogP contribution is 2.23. The van der Waals surface area contributed by atoms with Gasteiger partial charge in [0.1, 0.15) is 12.3 Å². The Morgan fingerprint density at radius 2 is 1.69 bits per heavy atom. The number of amides is 1. The Morgan fingerprint density at radius 1 is 1.07 bits per heavy atom. The fourth-order valence-corrected chi connectivity index (χ4v) is 3.94. The smallest absolute Gasteiger partial charge is 0.241 e. The molecule has 6 nitrogen and oxygen atoms in total. The number of ether oxygens (including phenoxy) is 1. The van der Waals surface area contributed by atoms with Crippen LogP contribution in [0.3, 0.4) is 0 Å². The van der Waals surface area contributed by atoms with Gasteiger partial charge in [0.2, 0.25) is 15.9 Å². The molecule has 0 heterocycles. The van der Waals surface area contributed by atoms with Gasteiger partial charge in [0.15, 0.2) is 0 Å².